The average molecular weight is 406 g/mol. The molecule has 6 heteroatoms. The smallest absolute Gasteiger partial charge is 0.316 e. The van der Waals surface area contributed by atoms with Gasteiger partial charge in [-0.05, 0) is 38.0 Å². The number of hydrogen-bond acceptors (Lipinski definition) is 3. The minimum absolute atomic E-state index is 0.294. The SMILES string of the molecule is Cc1ccc(C)c(NC(=O)[C@H](OC(=O)[C@]2(C)CC2(Cl)Cl)c2ccccc2)c1. The molecule has 0 aromatic heterocycles. The third-order valence-corrected chi connectivity index (χ3v) is 6.03. The number of benzene rings is 2. The lowest BCUT2D eigenvalue weighted by Crippen LogP contribution is -2.30. The van der Waals surface area contributed by atoms with E-state index < -0.39 is 27.7 Å². The number of aryl methyl sites for hydroxylation is 2. The van der Waals surface area contributed by atoms with Crippen LogP contribution in [0.1, 0.15) is 36.1 Å². The zero-order chi connectivity index (χ0) is 19.8. The molecule has 27 heavy (non-hydrogen) atoms. The number of nitrogens with one attached hydrogen (secondary N) is 1. The third-order valence-electron chi connectivity index (χ3n) is 4.92. The Hall–Kier alpha value is -2.04. The van der Waals surface area contributed by atoms with E-state index in [0.717, 1.165) is 11.1 Å². The predicted molar refractivity (Wildman–Crippen MR) is 107 cm³/mol. The van der Waals surface area contributed by atoms with Crippen LogP contribution in [-0.4, -0.2) is 16.2 Å². The monoisotopic (exact) mass is 405 g/mol. The van der Waals surface area contributed by atoms with Crippen LogP contribution < -0.4 is 5.32 Å². The van der Waals surface area contributed by atoms with Crippen molar-refractivity contribution in [2.45, 2.75) is 37.6 Å². The molecule has 1 saturated carbocycles. The topological polar surface area (TPSA) is 55.4 Å². The molecule has 0 heterocycles. The van der Waals surface area contributed by atoms with Gasteiger partial charge in [-0.3, -0.25) is 9.59 Å². The minimum Gasteiger partial charge on any atom is -0.447 e. The van der Waals surface area contributed by atoms with Gasteiger partial charge in [0.1, 0.15) is 9.75 Å². The predicted octanol–water partition coefficient (Wildman–Crippen LogP) is 5.11. The van der Waals surface area contributed by atoms with Crippen molar-refractivity contribution in [2.75, 3.05) is 5.32 Å². The Morgan fingerprint density at radius 1 is 1.11 bits per heavy atom. The van der Waals surface area contributed by atoms with E-state index in [-0.39, 0.29) is 0 Å². The van der Waals surface area contributed by atoms with E-state index in [1.807, 2.05) is 38.1 Å². The molecule has 4 nitrogen and oxygen atoms in total. The standard InChI is InChI=1S/C21H21Cl2NO3/c1-13-9-10-14(2)16(11-13)24-18(25)17(15-7-5-4-6-8-15)27-19(26)20(3)12-21(20,22)23/h4-11,17H,12H2,1-3H3,(H,24,25)/t17-,20+/m1/s1. The van der Waals surface area contributed by atoms with Gasteiger partial charge in [0.2, 0.25) is 6.10 Å². The Kier molecular flexibility index (Phi) is 5.24. The highest BCUT2D eigenvalue weighted by molar-refractivity contribution is 6.53. The summed E-state index contributed by atoms with van der Waals surface area (Å²) in [6.45, 7) is 5.48. The highest BCUT2D eigenvalue weighted by atomic mass is 35.5. The van der Waals surface area contributed by atoms with E-state index >= 15 is 0 Å². The summed E-state index contributed by atoms with van der Waals surface area (Å²) in [6, 6.07) is 14.6. The van der Waals surface area contributed by atoms with Crippen LogP contribution in [0.15, 0.2) is 48.5 Å². The minimum atomic E-state index is -1.16. The number of rotatable bonds is 5. The largest absolute Gasteiger partial charge is 0.447 e. The van der Waals surface area contributed by atoms with E-state index in [1.54, 1.807) is 31.2 Å². The molecule has 142 valence electrons. The molecule has 0 bridgehead atoms. The molecule has 2 aromatic carbocycles. The lowest BCUT2D eigenvalue weighted by atomic mass is 10.1. The first-order chi connectivity index (χ1) is 12.6. The molecule has 0 unspecified atom stereocenters. The lowest BCUT2D eigenvalue weighted by Gasteiger charge is -2.21. The molecule has 0 spiro atoms. The number of amides is 1. The number of esters is 1. The number of alkyl halides is 2. The molecule has 3 rings (SSSR count). The van der Waals surface area contributed by atoms with Crippen LogP contribution in [0.25, 0.3) is 0 Å². The zero-order valence-corrected chi connectivity index (χ0v) is 16.9. The Morgan fingerprint density at radius 3 is 2.33 bits per heavy atom. The van der Waals surface area contributed by atoms with Crippen molar-refractivity contribution in [3.8, 4) is 0 Å². The van der Waals surface area contributed by atoms with Gasteiger partial charge in [-0.2, -0.15) is 0 Å². The molecule has 1 N–H and O–H groups in total. The summed E-state index contributed by atoms with van der Waals surface area (Å²) in [5.41, 5.74) is 2.18. The first kappa shape index (κ1) is 19.7. The van der Waals surface area contributed by atoms with E-state index in [0.29, 0.717) is 17.7 Å². The quantitative estimate of drug-likeness (QED) is 0.555. The summed E-state index contributed by atoms with van der Waals surface area (Å²) in [5.74, 6) is -1.01. The van der Waals surface area contributed by atoms with Crippen LogP contribution in [0, 0.1) is 19.3 Å². The van der Waals surface area contributed by atoms with E-state index in [4.69, 9.17) is 27.9 Å². The molecular weight excluding hydrogens is 385 g/mol. The van der Waals surface area contributed by atoms with Crippen molar-refractivity contribution >= 4 is 40.8 Å². The fraction of sp³-hybridized carbons (Fsp3) is 0.333. The first-order valence-electron chi connectivity index (χ1n) is 8.66. The van der Waals surface area contributed by atoms with Crippen LogP contribution in [0.5, 0.6) is 0 Å². The van der Waals surface area contributed by atoms with Gasteiger partial charge in [-0.1, -0.05) is 42.5 Å². The molecule has 1 aliphatic carbocycles. The van der Waals surface area contributed by atoms with Gasteiger partial charge in [0.15, 0.2) is 0 Å². The van der Waals surface area contributed by atoms with Crippen molar-refractivity contribution in [2.24, 2.45) is 5.41 Å². The summed E-state index contributed by atoms with van der Waals surface area (Å²) in [7, 11) is 0. The van der Waals surface area contributed by atoms with Crippen molar-refractivity contribution in [1.82, 2.24) is 0 Å². The van der Waals surface area contributed by atoms with Crippen molar-refractivity contribution in [3.05, 3.63) is 65.2 Å². The van der Waals surface area contributed by atoms with Crippen LogP contribution in [0.3, 0.4) is 0 Å². The third kappa shape index (κ3) is 3.97. The van der Waals surface area contributed by atoms with Crippen molar-refractivity contribution in [1.29, 1.82) is 0 Å². The van der Waals surface area contributed by atoms with Gasteiger partial charge in [0.25, 0.3) is 5.91 Å². The molecule has 0 aliphatic heterocycles. The highest BCUT2D eigenvalue weighted by Crippen LogP contribution is 2.64. The molecule has 1 fully saturated rings. The summed E-state index contributed by atoms with van der Waals surface area (Å²) in [4.78, 5) is 25.6. The van der Waals surface area contributed by atoms with Gasteiger partial charge in [-0.25, -0.2) is 0 Å². The van der Waals surface area contributed by atoms with Crippen molar-refractivity contribution < 1.29 is 14.3 Å². The van der Waals surface area contributed by atoms with Crippen molar-refractivity contribution in [3.63, 3.8) is 0 Å². The summed E-state index contributed by atoms with van der Waals surface area (Å²) >= 11 is 12.2. The Labute approximate surface area is 168 Å². The van der Waals surface area contributed by atoms with Gasteiger partial charge in [0.05, 0.1) is 0 Å². The summed E-state index contributed by atoms with van der Waals surface area (Å²) in [5, 5.41) is 2.87. The molecule has 2 atom stereocenters. The number of hydrogen-bond donors (Lipinski definition) is 1. The molecule has 0 saturated heterocycles. The summed E-state index contributed by atoms with van der Waals surface area (Å²) < 4.78 is 4.43. The van der Waals surface area contributed by atoms with Gasteiger partial charge in [-0.15, -0.1) is 23.2 Å². The highest BCUT2D eigenvalue weighted by Gasteiger charge is 2.69. The Balaban J connectivity index is 1.85. The fourth-order valence-electron chi connectivity index (χ4n) is 2.83. The van der Waals surface area contributed by atoms with Crippen LogP contribution in [-0.2, 0) is 14.3 Å². The first-order valence-corrected chi connectivity index (χ1v) is 9.42. The maximum Gasteiger partial charge on any atom is 0.316 e. The second-order valence-corrected chi connectivity index (χ2v) is 8.70. The number of carbonyl (C=O) groups excluding carboxylic acids is 2. The Bertz CT molecular complexity index is 882. The second kappa shape index (κ2) is 7.17. The number of halogens is 2. The van der Waals surface area contributed by atoms with Gasteiger partial charge >= 0.3 is 5.97 Å². The summed E-state index contributed by atoms with van der Waals surface area (Å²) in [6.07, 6.45) is -0.803. The number of ether oxygens (including phenoxy) is 1. The van der Waals surface area contributed by atoms with Gasteiger partial charge < -0.3 is 10.1 Å². The maximum absolute atomic E-state index is 13.0. The normalized spacial score (nSPS) is 21.2. The number of carbonyl (C=O) groups is 2. The zero-order valence-electron chi connectivity index (χ0n) is 15.4. The molecular formula is C21H21Cl2NO3. The molecule has 0 radical (unpaired) electrons. The maximum atomic E-state index is 13.0. The molecule has 2 aromatic rings. The fourth-order valence-corrected chi connectivity index (χ4v) is 3.52. The van der Waals surface area contributed by atoms with Crippen LogP contribution >= 0.6 is 23.2 Å². The lowest BCUT2D eigenvalue weighted by molar-refractivity contribution is -0.159. The van der Waals surface area contributed by atoms with E-state index in [9.17, 15) is 9.59 Å². The Morgan fingerprint density at radius 2 is 1.74 bits per heavy atom. The van der Waals surface area contributed by atoms with Crippen LogP contribution in [0.2, 0.25) is 0 Å². The molecule has 1 aliphatic rings. The van der Waals surface area contributed by atoms with Gasteiger partial charge in [0, 0.05) is 17.7 Å². The second-order valence-electron chi connectivity index (χ2n) is 7.22. The van der Waals surface area contributed by atoms with Crippen LogP contribution in [0.4, 0.5) is 5.69 Å². The molecule has 1 amide bonds. The van der Waals surface area contributed by atoms with E-state index in [1.165, 1.54) is 0 Å². The number of anilines is 1. The average Bonchev–Trinajstić information content (AvgIpc) is 3.15. The van der Waals surface area contributed by atoms with E-state index in [2.05, 4.69) is 5.32 Å².